The van der Waals surface area contributed by atoms with E-state index in [0.717, 1.165) is 5.69 Å². The van der Waals surface area contributed by atoms with Crippen LogP contribution in [0.15, 0.2) is 41.4 Å². The Kier molecular flexibility index (Phi) is 5.00. The van der Waals surface area contributed by atoms with E-state index in [1.165, 1.54) is 10.4 Å². The fourth-order valence-electron chi connectivity index (χ4n) is 3.41. The molecule has 8 nitrogen and oxygen atoms in total. The van der Waals surface area contributed by atoms with Crippen molar-refractivity contribution in [1.82, 2.24) is 23.9 Å². The molecule has 0 N–H and O–H groups in total. The van der Waals surface area contributed by atoms with Gasteiger partial charge in [0.25, 0.3) is 5.78 Å². The standard InChI is InChI=1S/C19H23ClN6O2S/c1-19(2,3)16-8-9-21-17-22-18(23-26(16)17)24-10-12-25(13-11-24)29(27,28)15-7-5-4-6-14(15)20/h4-9H,10-13H2,1-3H3. The zero-order valence-electron chi connectivity index (χ0n) is 16.6. The summed E-state index contributed by atoms with van der Waals surface area (Å²) in [5, 5.41) is 4.88. The Hall–Kier alpha value is -2.23. The van der Waals surface area contributed by atoms with Gasteiger partial charge in [0.2, 0.25) is 16.0 Å². The number of fused-ring (bicyclic) bond motifs is 1. The Labute approximate surface area is 175 Å². The Morgan fingerprint density at radius 3 is 2.38 bits per heavy atom. The summed E-state index contributed by atoms with van der Waals surface area (Å²) in [7, 11) is -3.63. The molecule has 29 heavy (non-hydrogen) atoms. The summed E-state index contributed by atoms with van der Waals surface area (Å²) in [5.74, 6) is 1.10. The molecular weight excluding hydrogens is 412 g/mol. The van der Waals surface area contributed by atoms with Crippen molar-refractivity contribution >= 4 is 33.4 Å². The van der Waals surface area contributed by atoms with E-state index in [4.69, 9.17) is 11.6 Å². The van der Waals surface area contributed by atoms with Crippen LogP contribution in [-0.2, 0) is 15.4 Å². The van der Waals surface area contributed by atoms with E-state index in [1.54, 1.807) is 28.9 Å². The van der Waals surface area contributed by atoms with Crippen molar-refractivity contribution in [3.8, 4) is 0 Å². The second kappa shape index (κ2) is 7.23. The zero-order valence-corrected chi connectivity index (χ0v) is 18.2. The van der Waals surface area contributed by atoms with Crippen LogP contribution in [-0.4, -0.2) is 58.5 Å². The van der Waals surface area contributed by atoms with Crippen molar-refractivity contribution in [1.29, 1.82) is 0 Å². The van der Waals surface area contributed by atoms with Crippen molar-refractivity contribution in [2.24, 2.45) is 0 Å². The minimum absolute atomic E-state index is 0.103. The molecule has 0 atom stereocenters. The summed E-state index contributed by atoms with van der Waals surface area (Å²) in [6.07, 6.45) is 1.74. The normalized spacial score (nSPS) is 16.5. The second-order valence-electron chi connectivity index (χ2n) is 8.03. The lowest BCUT2D eigenvalue weighted by molar-refractivity contribution is 0.382. The average molecular weight is 435 g/mol. The van der Waals surface area contributed by atoms with Crippen molar-refractivity contribution in [2.45, 2.75) is 31.1 Å². The molecular formula is C19H23ClN6O2S. The number of halogens is 1. The van der Waals surface area contributed by atoms with E-state index >= 15 is 0 Å². The van der Waals surface area contributed by atoms with E-state index in [2.05, 4.69) is 35.8 Å². The van der Waals surface area contributed by atoms with Gasteiger partial charge < -0.3 is 4.90 Å². The summed E-state index contributed by atoms with van der Waals surface area (Å²) in [6.45, 7) is 7.99. The number of anilines is 1. The highest BCUT2D eigenvalue weighted by molar-refractivity contribution is 7.89. The fourth-order valence-corrected chi connectivity index (χ4v) is 5.32. The predicted molar refractivity (Wildman–Crippen MR) is 112 cm³/mol. The molecule has 1 aliphatic heterocycles. The van der Waals surface area contributed by atoms with Crippen molar-refractivity contribution in [3.63, 3.8) is 0 Å². The lowest BCUT2D eigenvalue weighted by Crippen LogP contribution is -2.49. The van der Waals surface area contributed by atoms with Crippen LogP contribution < -0.4 is 4.90 Å². The Bertz CT molecular complexity index is 1150. The molecule has 1 aromatic carbocycles. The molecule has 10 heteroatoms. The fraction of sp³-hybridized carbons (Fsp3) is 0.421. The van der Waals surface area contributed by atoms with Crippen LogP contribution >= 0.6 is 11.6 Å². The number of benzene rings is 1. The van der Waals surface area contributed by atoms with E-state index in [1.807, 2.05) is 11.0 Å². The van der Waals surface area contributed by atoms with Gasteiger partial charge in [0.1, 0.15) is 4.90 Å². The van der Waals surface area contributed by atoms with E-state index in [0.29, 0.717) is 37.9 Å². The first-order valence-corrected chi connectivity index (χ1v) is 11.2. The van der Waals surface area contributed by atoms with Gasteiger partial charge in [0, 0.05) is 37.8 Å². The van der Waals surface area contributed by atoms with Gasteiger partial charge in [-0.3, -0.25) is 0 Å². The Balaban J connectivity index is 1.55. The summed E-state index contributed by atoms with van der Waals surface area (Å²) in [5.41, 5.74) is 0.912. The van der Waals surface area contributed by atoms with E-state index in [9.17, 15) is 8.42 Å². The van der Waals surface area contributed by atoms with Crippen LogP contribution in [0.4, 0.5) is 5.95 Å². The number of hydrogen-bond acceptors (Lipinski definition) is 6. The van der Waals surface area contributed by atoms with Gasteiger partial charge in [0.05, 0.1) is 10.7 Å². The second-order valence-corrected chi connectivity index (χ2v) is 10.3. The van der Waals surface area contributed by atoms with E-state index < -0.39 is 10.0 Å². The molecule has 1 fully saturated rings. The van der Waals surface area contributed by atoms with Gasteiger partial charge in [0.15, 0.2) is 0 Å². The van der Waals surface area contributed by atoms with Crippen LogP contribution in [0.2, 0.25) is 5.02 Å². The maximum atomic E-state index is 12.9. The molecule has 154 valence electrons. The summed E-state index contributed by atoms with van der Waals surface area (Å²) < 4.78 is 29.1. The SMILES string of the molecule is CC(C)(C)c1ccnc2nc(N3CCN(S(=O)(=O)c4ccccc4Cl)CC3)nn12. The van der Waals surface area contributed by atoms with Crippen LogP contribution in [0.25, 0.3) is 5.78 Å². The maximum absolute atomic E-state index is 12.9. The first-order valence-electron chi connectivity index (χ1n) is 9.40. The van der Waals surface area contributed by atoms with Gasteiger partial charge in [-0.05, 0) is 18.2 Å². The molecule has 3 heterocycles. The van der Waals surface area contributed by atoms with Crippen molar-refractivity contribution < 1.29 is 8.42 Å². The lowest BCUT2D eigenvalue weighted by Gasteiger charge is -2.33. The van der Waals surface area contributed by atoms with Gasteiger partial charge in [-0.15, -0.1) is 5.10 Å². The van der Waals surface area contributed by atoms with Crippen molar-refractivity contribution in [3.05, 3.63) is 47.2 Å². The Morgan fingerprint density at radius 2 is 1.72 bits per heavy atom. The minimum atomic E-state index is -3.63. The topological polar surface area (TPSA) is 83.7 Å². The average Bonchev–Trinajstić information content (AvgIpc) is 3.11. The molecule has 4 rings (SSSR count). The third kappa shape index (κ3) is 3.70. The molecule has 3 aromatic rings. The van der Waals surface area contributed by atoms with Gasteiger partial charge in [-0.25, -0.2) is 13.4 Å². The number of rotatable bonds is 3. The van der Waals surface area contributed by atoms with E-state index in [-0.39, 0.29) is 15.3 Å². The van der Waals surface area contributed by atoms with Crippen molar-refractivity contribution in [2.75, 3.05) is 31.1 Å². The molecule has 0 spiro atoms. The third-order valence-electron chi connectivity index (χ3n) is 4.97. The zero-order chi connectivity index (χ0) is 20.8. The molecule has 0 bridgehead atoms. The summed E-state index contributed by atoms with van der Waals surface area (Å²) in [6, 6.07) is 8.46. The largest absolute Gasteiger partial charge is 0.337 e. The highest BCUT2D eigenvalue weighted by atomic mass is 35.5. The van der Waals surface area contributed by atoms with Crippen LogP contribution in [0.5, 0.6) is 0 Å². The van der Waals surface area contributed by atoms with Crippen LogP contribution in [0.1, 0.15) is 26.5 Å². The number of aromatic nitrogens is 4. The number of hydrogen-bond donors (Lipinski definition) is 0. The number of sulfonamides is 1. The van der Waals surface area contributed by atoms with Crippen LogP contribution in [0, 0.1) is 0 Å². The molecule has 1 aliphatic rings. The molecule has 0 radical (unpaired) electrons. The quantitative estimate of drug-likeness (QED) is 0.630. The molecule has 1 saturated heterocycles. The van der Waals surface area contributed by atoms with Gasteiger partial charge in [-0.2, -0.15) is 13.8 Å². The monoisotopic (exact) mass is 434 g/mol. The molecule has 0 saturated carbocycles. The number of nitrogens with zero attached hydrogens (tertiary/aromatic N) is 6. The predicted octanol–water partition coefficient (Wildman–Crippen LogP) is 2.59. The molecule has 0 aliphatic carbocycles. The summed E-state index contributed by atoms with van der Waals surface area (Å²) >= 11 is 6.10. The first-order chi connectivity index (χ1) is 13.7. The maximum Gasteiger partial charge on any atom is 0.254 e. The molecule has 0 amide bonds. The van der Waals surface area contributed by atoms with Crippen LogP contribution in [0.3, 0.4) is 0 Å². The third-order valence-corrected chi connectivity index (χ3v) is 7.37. The highest BCUT2D eigenvalue weighted by Crippen LogP contribution is 2.26. The molecule has 2 aromatic heterocycles. The highest BCUT2D eigenvalue weighted by Gasteiger charge is 2.31. The smallest absolute Gasteiger partial charge is 0.254 e. The molecule has 0 unspecified atom stereocenters. The Morgan fingerprint density at radius 1 is 1.03 bits per heavy atom. The van der Waals surface area contributed by atoms with Gasteiger partial charge >= 0.3 is 0 Å². The first kappa shape index (κ1) is 20.1. The lowest BCUT2D eigenvalue weighted by atomic mass is 9.92. The van der Waals surface area contributed by atoms with Gasteiger partial charge in [-0.1, -0.05) is 44.5 Å². The number of piperazine rings is 1. The summed E-state index contributed by atoms with van der Waals surface area (Å²) in [4.78, 5) is 11.0. The minimum Gasteiger partial charge on any atom is -0.337 e.